The van der Waals surface area contributed by atoms with Crippen LogP contribution in [0.25, 0.3) is 22.0 Å². The van der Waals surface area contributed by atoms with Crippen molar-refractivity contribution in [2.75, 3.05) is 0 Å². The average molecular weight is 267 g/mol. The largest absolute Gasteiger partial charge is 0.411 e. The number of aromatic amines is 1. The van der Waals surface area contributed by atoms with Crippen LogP contribution < -0.4 is 5.32 Å². The van der Waals surface area contributed by atoms with Gasteiger partial charge in [0.25, 0.3) is 5.91 Å². The Morgan fingerprint density at radius 3 is 2.74 bits per heavy atom. The Hall–Kier alpha value is -2.05. The Morgan fingerprint density at radius 1 is 1.37 bits per heavy atom. The van der Waals surface area contributed by atoms with Gasteiger partial charge in [-0.05, 0) is 30.5 Å². The topological polar surface area (TPSA) is 57.8 Å². The van der Waals surface area contributed by atoms with E-state index in [0.717, 1.165) is 11.1 Å². The Labute approximate surface area is 105 Å². The highest BCUT2D eigenvalue weighted by atomic mass is 19.4. The molecule has 1 aromatic rings. The van der Waals surface area contributed by atoms with Gasteiger partial charge in [-0.3, -0.25) is 9.89 Å². The molecular weight excluding hydrogens is 259 g/mol. The molecule has 4 rings (SSSR count). The van der Waals surface area contributed by atoms with Crippen LogP contribution in [0.3, 0.4) is 0 Å². The summed E-state index contributed by atoms with van der Waals surface area (Å²) in [4.78, 5) is 12.0. The van der Waals surface area contributed by atoms with Crippen LogP contribution in [0.1, 0.15) is 23.3 Å². The summed E-state index contributed by atoms with van der Waals surface area (Å²) in [5.41, 5.74) is 0.665. The van der Waals surface area contributed by atoms with Crippen LogP contribution in [-0.2, 0) is 0 Å². The number of carbonyl (C=O) groups excluding carboxylic acids is 1. The van der Waals surface area contributed by atoms with Crippen LogP contribution in [-0.4, -0.2) is 27.8 Å². The second-order valence-electron chi connectivity index (χ2n) is 5.05. The Balaban J connectivity index is 1.66. The van der Waals surface area contributed by atoms with E-state index in [1.165, 1.54) is 0 Å². The van der Waals surface area contributed by atoms with Crippen LogP contribution in [0.15, 0.2) is 12.1 Å². The van der Waals surface area contributed by atoms with Crippen LogP contribution in [0.4, 0.5) is 13.2 Å². The molecule has 1 fully saturated rings. The number of halogens is 3. The third kappa shape index (κ3) is 1.35. The zero-order valence-corrected chi connectivity index (χ0v) is 9.56. The number of aromatic nitrogens is 2. The fourth-order valence-corrected chi connectivity index (χ4v) is 2.35. The molecule has 4 nitrogen and oxygen atoms in total. The number of hydrogen-bond acceptors (Lipinski definition) is 2. The van der Waals surface area contributed by atoms with E-state index in [2.05, 4.69) is 15.5 Å². The van der Waals surface area contributed by atoms with Crippen molar-refractivity contribution < 1.29 is 18.0 Å². The molecule has 3 aliphatic carbocycles. The molecule has 1 amide bonds. The number of hydrogen-bond donors (Lipinski definition) is 2. The van der Waals surface area contributed by atoms with Crippen molar-refractivity contribution >= 4 is 16.8 Å². The van der Waals surface area contributed by atoms with Crippen molar-refractivity contribution in [2.45, 2.75) is 24.6 Å². The summed E-state index contributed by atoms with van der Waals surface area (Å²) in [6, 6.07) is 3.67. The number of benzene rings is 1. The van der Waals surface area contributed by atoms with Gasteiger partial charge in [0.05, 0.1) is 0 Å². The van der Waals surface area contributed by atoms with Crippen LogP contribution in [0, 0.1) is 0 Å². The molecule has 1 heterocycles. The fraction of sp³-hybridized carbons (Fsp3) is 0.333. The van der Waals surface area contributed by atoms with E-state index in [1.54, 1.807) is 6.07 Å². The number of nitrogens with one attached hydrogen (secondary N) is 2. The number of fused-ring (bicyclic) bond motifs is 3. The first-order chi connectivity index (χ1) is 8.91. The first kappa shape index (κ1) is 10.8. The highest BCUT2D eigenvalue weighted by molar-refractivity contribution is 6.15. The molecule has 0 spiro atoms. The minimum Gasteiger partial charge on any atom is -0.336 e. The van der Waals surface area contributed by atoms with Gasteiger partial charge in [-0.2, -0.15) is 18.3 Å². The van der Waals surface area contributed by atoms with Gasteiger partial charge < -0.3 is 5.32 Å². The second-order valence-corrected chi connectivity index (χ2v) is 5.05. The van der Waals surface area contributed by atoms with Crippen molar-refractivity contribution in [2.24, 2.45) is 0 Å². The van der Waals surface area contributed by atoms with E-state index < -0.39 is 17.6 Å². The summed E-state index contributed by atoms with van der Waals surface area (Å²) in [5.74, 6) is -0.748. The van der Waals surface area contributed by atoms with Gasteiger partial charge in [0.15, 0.2) is 0 Å². The first-order valence-electron chi connectivity index (χ1n) is 5.83. The lowest BCUT2D eigenvalue weighted by atomic mass is 10.2. The van der Waals surface area contributed by atoms with E-state index in [4.69, 9.17) is 0 Å². The van der Waals surface area contributed by atoms with Crippen LogP contribution in [0.5, 0.6) is 0 Å². The summed E-state index contributed by atoms with van der Waals surface area (Å²) in [6.07, 6.45) is -4.54. The predicted molar refractivity (Wildman–Crippen MR) is 60.6 cm³/mol. The normalized spacial score (nSPS) is 18.5. The third-order valence-electron chi connectivity index (χ3n) is 3.76. The van der Waals surface area contributed by atoms with Gasteiger partial charge in [-0.15, -0.1) is 0 Å². The molecule has 0 bridgehead atoms. The lowest BCUT2D eigenvalue weighted by molar-refractivity contribution is -0.163. The van der Waals surface area contributed by atoms with Crippen LogP contribution >= 0.6 is 0 Å². The van der Waals surface area contributed by atoms with Gasteiger partial charge in [0.2, 0.25) is 0 Å². The quantitative estimate of drug-likeness (QED) is 0.749. The molecule has 19 heavy (non-hydrogen) atoms. The first-order valence-corrected chi connectivity index (χ1v) is 5.83. The molecule has 0 radical (unpaired) electrons. The van der Waals surface area contributed by atoms with Gasteiger partial charge >= 0.3 is 6.18 Å². The lowest BCUT2D eigenvalue weighted by Gasteiger charge is -2.20. The molecule has 7 heteroatoms. The maximum Gasteiger partial charge on any atom is 0.411 e. The Bertz CT molecular complexity index is 728. The third-order valence-corrected chi connectivity index (χ3v) is 3.76. The standard InChI is InChI=1S/C12H8F3N3O/c13-12(14,15)11(1-2-11)16-10(19)9-7-4-5-3-6(5)8(7)17-18-9/h3-4H,1-2H2,(H,16,19)(H,17,18). The molecule has 0 aromatic carbocycles. The second kappa shape index (κ2) is 2.92. The summed E-state index contributed by atoms with van der Waals surface area (Å²) in [5, 5.41) is 9.16. The summed E-state index contributed by atoms with van der Waals surface area (Å²) in [6.45, 7) is 0. The van der Waals surface area contributed by atoms with Gasteiger partial charge in [-0.1, -0.05) is 0 Å². The van der Waals surface area contributed by atoms with Gasteiger partial charge in [0, 0.05) is 10.9 Å². The zero-order chi connectivity index (χ0) is 13.4. The van der Waals surface area contributed by atoms with Crippen molar-refractivity contribution in [1.29, 1.82) is 0 Å². The van der Waals surface area contributed by atoms with Crippen molar-refractivity contribution in [1.82, 2.24) is 15.5 Å². The molecule has 0 aliphatic heterocycles. The van der Waals surface area contributed by atoms with E-state index in [0.29, 0.717) is 10.9 Å². The number of H-pyrrole nitrogens is 1. The monoisotopic (exact) mass is 267 g/mol. The summed E-state index contributed by atoms with van der Waals surface area (Å²) in [7, 11) is 0. The van der Waals surface area contributed by atoms with Crippen molar-refractivity contribution in [3.8, 4) is 11.1 Å². The molecule has 1 aromatic heterocycles. The van der Waals surface area contributed by atoms with Gasteiger partial charge in [0.1, 0.15) is 16.7 Å². The predicted octanol–water partition coefficient (Wildman–Crippen LogP) is 2.37. The van der Waals surface area contributed by atoms with E-state index in [-0.39, 0.29) is 18.5 Å². The minimum atomic E-state index is -4.41. The molecular formula is C12H8F3N3O. The molecule has 2 N–H and O–H groups in total. The highest BCUT2D eigenvalue weighted by Crippen LogP contribution is 2.49. The minimum absolute atomic E-state index is 0.0647. The smallest absolute Gasteiger partial charge is 0.336 e. The summed E-state index contributed by atoms with van der Waals surface area (Å²) >= 11 is 0. The number of carbonyl (C=O) groups is 1. The summed E-state index contributed by atoms with van der Waals surface area (Å²) < 4.78 is 38.3. The Kier molecular flexibility index (Phi) is 1.66. The highest BCUT2D eigenvalue weighted by Gasteiger charge is 2.64. The van der Waals surface area contributed by atoms with E-state index in [9.17, 15) is 18.0 Å². The maximum absolute atomic E-state index is 12.8. The maximum atomic E-state index is 12.8. The SMILES string of the molecule is O=C(NC1(C(F)(F)F)CC1)c1[nH]nc2c3cc-3cc12. The molecule has 1 saturated carbocycles. The van der Waals surface area contributed by atoms with Gasteiger partial charge in [-0.25, -0.2) is 0 Å². The zero-order valence-electron chi connectivity index (χ0n) is 9.56. The molecule has 0 atom stereocenters. The lowest BCUT2D eigenvalue weighted by Crippen LogP contribution is -2.48. The molecule has 98 valence electrons. The number of rotatable bonds is 2. The van der Waals surface area contributed by atoms with E-state index >= 15 is 0 Å². The molecule has 0 saturated heterocycles. The van der Waals surface area contributed by atoms with E-state index in [1.807, 2.05) is 6.07 Å². The Morgan fingerprint density at radius 2 is 2.11 bits per heavy atom. The average Bonchev–Trinajstić information content (AvgIpc) is 3.18. The number of nitrogens with zero attached hydrogens (tertiary/aromatic N) is 1. The molecule has 3 aliphatic rings. The van der Waals surface area contributed by atoms with Crippen molar-refractivity contribution in [3.63, 3.8) is 0 Å². The molecule has 0 unspecified atom stereocenters. The van der Waals surface area contributed by atoms with Crippen LogP contribution in [0.2, 0.25) is 0 Å². The number of alkyl halides is 3. The number of amides is 1. The van der Waals surface area contributed by atoms with Crippen molar-refractivity contribution in [3.05, 3.63) is 17.8 Å². The fourth-order valence-electron chi connectivity index (χ4n) is 2.35.